The quantitative estimate of drug-likeness (QED) is 0.287. The van der Waals surface area contributed by atoms with E-state index in [2.05, 4.69) is 70.1 Å². The summed E-state index contributed by atoms with van der Waals surface area (Å²) in [6.07, 6.45) is 8.18. The molecule has 0 unspecified atom stereocenters. The molecule has 6 nitrogen and oxygen atoms in total. The molecule has 7 heteroatoms. The van der Waals surface area contributed by atoms with Crippen molar-refractivity contribution in [1.29, 1.82) is 0 Å². The van der Waals surface area contributed by atoms with E-state index in [4.69, 9.17) is 22.3 Å². The molecule has 0 atom stereocenters. The maximum atomic E-state index is 6.14. The second kappa shape index (κ2) is 8.81. The predicted octanol–water partition coefficient (Wildman–Crippen LogP) is 6.49. The number of benzene rings is 2. The van der Waals surface area contributed by atoms with Crippen LogP contribution in [0.15, 0.2) is 73.3 Å². The molecular weight excluding hydrogens is 468 g/mol. The number of hydrogen-bond acceptors (Lipinski definition) is 5. The van der Waals surface area contributed by atoms with Gasteiger partial charge in [-0.15, -0.1) is 0 Å². The molecule has 0 amide bonds. The highest BCUT2D eigenvalue weighted by Crippen LogP contribution is 2.29. The van der Waals surface area contributed by atoms with E-state index in [1.54, 1.807) is 12.4 Å². The van der Waals surface area contributed by atoms with Crippen molar-refractivity contribution in [1.82, 2.24) is 19.4 Å². The van der Waals surface area contributed by atoms with Crippen LogP contribution in [-0.2, 0) is 13.0 Å². The molecule has 0 fully saturated rings. The van der Waals surface area contributed by atoms with Crippen LogP contribution in [-0.4, -0.2) is 19.4 Å². The van der Waals surface area contributed by atoms with E-state index in [1.165, 1.54) is 16.7 Å². The number of nitrogens with two attached hydrogens (primary N) is 1. The summed E-state index contributed by atoms with van der Waals surface area (Å²) in [5, 5.41) is 7.42. The number of anilines is 2. The van der Waals surface area contributed by atoms with E-state index in [0.717, 1.165) is 44.3 Å². The maximum absolute atomic E-state index is 6.14. The van der Waals surface area contributed by atoms with Crippen molar-refractivity contribution in [3.05, 3.63) is 106 Å². The highest BCUT2D eigenvalue weighted by Gasteiger charge is 2.11. The number of nitrogens with zero attached hydrogens (tertiary/aromatic N) is 4. The SMILES string of the molecule is Cc1cc2c(N)nccc2c(C)c1CNc1ccc2cnc(Cc3ccc4ncc(Cl)cc4c3)n2c1. The third kappa shape index (κ3) is 3.99. The van der Waals surface area contributed by atoms with Gasteiger partial charge in [-0.05, 0) is 84.0 Å². The number of aryl methyl sites for hydroxylation is 2. The van der Waals surface area contributed by atoms with Crippen LogP contribution >= 0.6 is 11.6 Å². The number of pyridine rings is 3. The van der Waals surface area contributed by atoms with Crippen LogP contribution in [0, 0.1) is 13.8 Å². The van der Waals surface area contributed by atoms with Gasteiger partial charge >= 0.3 is 0 Å². The zero-order valence-corrected chi connectivity index (χ0v) is 20.8. The second-order valence-corrected chi connectivity index (χ2v) is 9.62. The van der Waals surface area contributed by atoms with Crippen LogP contribution in [0.5, 0.6) is 0 Å². The number of hydrogen-bond donors (Lipinski definition) is 2. The highest BCUT2D eigenvalue weighted by molar-refractivity contribution is 6.31. The zero-order valence-electron chi connectivity index (χ0n) is 20.1. The Labute approximate surface area is 213 Å². The molecule has 6 aromatic rings. The molecule has 0 saturated carbocycles. The molecule has 0 radical (unpaired) electrons. The number of halogens is 1. The molecule has 36 heavy (non-hydrogen) atoms. The van der Waals surface area contributed by atoms with Crippen LogP contribution in [0.25, 0.3) is 27.2 Å². The molecule has 0 bridgehead atoms. The van der Waals surface area contributed by atoms with E-state index in [9.17, 15) is 0 Å². The lowest BCUT2D eigenvalue weighted by Crippen LogP contribution is -2.06. The summed E-state index contributed by atoms with van der Waals surface area (Å²) < 4.78 is 2.15. The van der Waals surface area contributed by atoms with Crippen molar-refractivity contribution in [2.24, 2.45) is 0 Å². The Morgan fingerprint density at radius 3 is 2.72 bits per heavy atom. The van der Waals surface area contributed by atoms with E-state index in [-0.39, 0.29) is 0 Å². The summed E-state index contributed by atoms with van der Waals surface area (Å²) in [6, 6.07) is 16.6. The van der Waals surface area contributed by atoms with Crippen molar-refractivity contribution < 1.29 is 0 Å². The van der Waals surface area contributed by atoms with Crippen LogP contribution in [0.1, 0.15) is 28.1 Å². The van der Waals surface area contributed by atoms with Gasteiger partial charge in [-0.1, -0.05) is 17.7 Å². The van der Waals surface area contributed by atoms with Crippen molar-refractivity contribution >= 4 is 50.3 Å². The zero-order chi connectivity index (χ0) is 24.8. The lowest BCUT2D eigenvalue weighted by Gasteiger charge is -2.16. The first-order valence-electron chi connectivity index (χ1n) is 11.8. The van der Waals surface area contributed by atoms with Gasteiger partial charge in [0.2, 0.25) is 0 Å². The lowest BCUT2D eigenvalue weighted by molar-refractivity contribution is 0.960. The summed E-state index contributed by atoms with van der Waals surface area (Å²) in [7, 11) is 0. The van der Waals surface area contributed by atoms with Crippen LogP contribution in [0.3, 0.4) is 0 Å². The lowest BCUT2D eigenvalue weighted by atomic mass is 9.96. The summed E-state index contributed by atoms with van der Waals surface area (Å²) >= 11 is 6.14. The molecule has 3 N–H and O–H groups in total. The van der Waals surface area contributed by atoms with Gasteiger partial charge in [0, 0.05) is 42.3 Å². The Morgan fingerprint density at radius 2 is 1.83 bits per heavy atom. The number of rotatable bonds is 5. The van der Waals surface area contributed by atoms with Gasteiger partial charge in [-0.3, -0.25) is 4.98 Å². The fourth-order valence-electron chi connectivity index (χ4n) is 4.92. The Balaban J connectivity index is 1.28. The largest absolute Gasteiger partial charge is 0.383 e. The molecule has 0 saturated heterocycles. The van der Waals surface area contributed by atoms with Crippen LogP contribution in [0.2, 0.25) is 5.02 Å². The summed E-state index contributed by atoms with van der Waals surface area (Å²) in [5.41, 5.74) is 14.0. The van der Waals surface area contributed by atoms with Crippen molar-refractivity contribution in [3.8, 4) is 0 Å². The number of imidazole rings is 1. The van der Waals surface area contributed by atoms with E-state index < -0.39 is 0 Å². The van der Waals surface area contributed by atoms with Crippen molar-refractivity contribution in [2.45, 2.75) is 26.8 Å². The number of aromatic nitrogens is 4. The Morgan fingerprint density at radius 1 is 0.944 bits per heavy atom. The molecule has 2 aromatic carbocycles. The molecule has 6 rings (SSSR count). The first-order valence-corrected chi connectivity index (χ1v) is 12.2. The van der Waals surface area contributed by atoms with E-state index >= 15 is 0 Å². The average molecular weight is 493 g/mol. The monoisotopic (exact) mass is 492 g/mol. The standard InChI is InChI=1S/C29H25ClN6/c1-17-9-25-24(7-8-32-29(25)31)18(2)26(17)15-33-22-4-5-23-14-35-28(36(23)16-22)11-19-3-6-27-20(10-19)12-21(30)13-34-27/h3-10,12-14,16,33H,11,15H2,1-2H3,(H2,31,32). The third-order valence-corrected chi connectivity index (χ3v) is 7.07. The molecule has 4 heterocycles. The summed E-state index contributed by atoms with van der Waals surface area (Å²) in [6.45, 7) is 4.98. The minimum atomic E-state index is 0.571. The first kappa shape index (κ1) is 22.3. The molecule has 0 aliphatic rings. The summed E-state index contributed by atoms with van der Waals surface area (Å²) in [4.78, 5) is 13.3. The second-order valence-electron chi connectivity index (χ2n) is 9.19. The van der Waals surface area contributed by atoms with Gasteiger partial charge < -0.3 is 15.5 Å². The summed E-state index contributed by atoms with van der Waals surface area (Å²) in [5.74, 6) is 1.55. The average Bonchev–Trinajstić information content (AvgIpc) is 3.26. The normalized spacial score (nSPS) is 11.5. The van der Waals surface area contributed by atoms with Gasteiger partial charge in [0.1, 0.15) is 11.6 Å². The molecule has 0 aliphatic heterocycles. The predicted molar refractivity (Wildman–Crippen MR) is 148 cm³/mol. The topological polar surface area (TPSA) is 81.1 Å². The van der Waals surface area contributed by atoms with Gasteiger partial charge in [0.15, 0.2) is 0 Å². The smallest absolute Gasteiger partial charge is 0.131 e. The van der Waals surface area contributed by atoms with Crippen molar-refractivity contribution in [3.63, 3.8) is 0 Å². The van der Waals surface area contributed by atoms with E-state index in [0.29, 0.717) is 23.8 Å². The number of nitrogens with one attached hydrogen (secondary N) is 1. The number of nitrogen functional groups attached to an aromatic ring is 1. The van der Waals surface area contributed by atoms with E-state index in [1.807, 2.05) is 24.4 Å². The fraction of sp³-hybridized carbons (Fsp3) is 0.138. The highest BCUT2D eigenvalue weighted by atomic mass is 35.5. The Bertz CT molecular complexity index is 1770. The first-order chi connectivity index (χ1) is 17.5. The van der Waals surface area contributed by atoms with Gasteiger partial charge in [-0.25, -0.2) is 9.97 Å². The van der Waals surface area contributed by atoms with Crippen molar-refractivity contribution in [2.75, 3.05) is 11.1 Å². The molecule has 0 spiro atoms. The van der Waals surface area contributed by atoms with Gasteiger partial charge in [-0.2, -0.15) is 0 Å². The Hall–Kier alpha value is -4.16. The van der Waals surface area contributed by atoms with Crippen LogP contribution in [0.4, 0.5) is 11.5 Å². The molecular formula is C29H25ClN6. The number of fused-ring (bicyclic) bond motifs is 3. The third-order valence-electron chi connectivity index (χ3n) is 6.86. The minimum absolute atomic E-state index is 0.571. The molecule has 178 valence electrons. The molecule has 0 aliphatic carbocycles. The Kier molecular flexibility index (Phi) is 5.46. The van der Waals surface area contributed by atoms with Gasteiger partial charge in [0.05, 0.1) is 27.9 Å². The van der Waals surface area contributed by atoms with Crippen LogP contribution < -0.4 is 11.1 Å². The maximum Gasteiger partial charge on any atom is 0.131 e. The fourth-order valence-corrected chi connectivity index (χ4v) is 5.08. The molecule has 4 aromatic heterocycles. The minimum Gasteiger partial charge on any atom is -0.383 e. The van der Waals surface area contributed by atoms with Gasteiger partial charge in [0.25, 0.3) is 0 Å².